The molecule has 2 fully saturated rings. The minimum atomic E-state index is -0.0721. The van der Waals surface area contributed by atoms with Crippen molar-refractivity contribution in [3.63, 3.8) is 0 Å². The Kier molecular flexibility index (Phi) is 5.46. The third-order valence-electron chi connectivity index (χ3n) is 4.81. The zero-order valence-electron chi connectivity index (χ0n) is 12.1. The van der Waals surface area contributed by atoms with E-state index in [1.165, 1.54) is 32.2 Å². The average molecular weight is 254 g/mol. The van der Waals surface area contributed by atoms with Crippen LogP contribution < -0.4 is 5.32 Å². The van der Waals surface area contributed by atoms with Gasteiger partial charge in [0, 0.05) is 25.7 Å². The Morgan fingerprint density at radius 1 is 1.22 bits per heavy atom. The molecule has 4 atom stereocenters. The zero-order chi connectivity index (χ0) is 13.0. The fourth-order valence-corrected chi connectivity index (χ4v) is 3.67. The molecule has 2 N–H and O–H groups in total. The number of nitrogens with zero attached hydrogens (tertiary/aromatic N) is 1. The van der Waals surface area contributed by atoms with Gasteiger partial charge in [-0.15, -0.1) is 0 Å². The Balaban J connectivity index is 1.83. The Bertz CT molecular complexity index is 245. The molecule has 18 heavy (non-hydrogen) atoms. The van der Waals surface area contributed by atoms with Crippen molar-refractivity contribution in [2.45, 2.75) is 58.1 Å². The predicted molar refractivity (Wildman–Crippen MR) is 75.7 cm³/mol. The molecule has 0 aromatic carbocycles. The van der Waals surface area contributed by atoms with Crippen LogP contribution in [-0.4, -0.2) is 48.3 Å². The van der Waals surface area contributed by atoms with E-state index < -0.39 is 0 Å². The highest BCUT2D eigenvalue weighted by Crippen LogP contribution is 2.27. The maximum Gasteiger partial charge on any atom is 0.0590 e. The number of rotatable bonds is 4. The van der Waals surface area contributed by atoms with Gasteiger partial charge in [0.2, 0.25) is 0 Å². The second-order valence-electron chi connectivity index (χ2n) is 6.30. The van der Waals surface area contributed by atoms with Crippen LogP contribution in [0.2, 0.25) is 0 Å². The minimum Gasteiger partial charge on any atom is -0.393 e. The van der Waals surface area contributed by atoms with Crippen molar-refractivity contribution in [2.75, 3.05) is 26.2 Å². The molecule has 2 aliphatic rings. The van der Waals surface area contributed by atoms with Crippen molar-refractivity contribution in [3.8, 4) is 0 Å². The van der Waals surface area contributed by atoms with Crippen molar-refractivity contribution in [1.29, 1.82) is 0 Å². The van der Waals surface area contributed by atoms with E-state index in [1.807, 2.05) is 0 Å². The van der Waals surface area contributed by atoms with Gasteiger partial charge in [-0.3, -0.25) is 0 Å². The van der Waals surface area contributed by atoms with Crippen molar-refractivity contribution < 1.29 is 5.11 Å². The standard InChI is InChI=1S/C15H30N2O/c1-3-16-14-7-5-4-6-13(14)11-17-9-8-15(18)12(2)10-17/h12-16,18H,3-11H2,1-2H3. The largest absolute Gasteiger partial charge is 0.393 e. The van der Waals surface area contributed by atoms with E-state index in [4.69, 9.17) is 0 Å². The summed E-state index contributed by atoms with van der Waals surface area (Å²) in [7, 11) is 0. The average Bonchev–Trinajstić information content (AvgIpc) is 2.37. The molecular weight excluding hydrogens is 224 g/mol. The topological polar surface area (TPSA) is 35.5 Å². The Morgan fingerprint density at radius 3 is 2.72 bits per heavy atom. The van der Waals surface area contributed by atoms with E-state index in [2.05, 4.69) is 24.1 Å². The van der Waals surface area contributed by atoms with Crippen LogP contribution in [0.5, 0.6) is 0 Å². The third-order valence-corrected chi connectivity index (χ3v) is 4.81. The van der Waals surface area contributed by atoms with Crippen molar-refractivity contribution in [2.24, 2.45) is 11.8 Å². The van der Waals surface area contributed by atoms with Gasteiger partial charge < -0.3 is 15.3 Å². The first-order valence-electron chi connectivity index (χ1n) is 7.84. The fourth-order valence-electron chi connectivity index (χ4n) is 3.67. The summed E-state index contributed by atoms with van der Waals surface area (Å²) >= 11 is 0. The monoisotopic (exact) mass is 254 g/mol. The van der Waals surface area contributed by atoms with Crippen LogP contribution in [0, 0.1) is 11.8 Å². The molecule has 106 valence electrons. The minimum absolute atomic E-state index is 0.0721. The zero-order valence-corrected chi connectivity index (χ0v) is 12.1. The maximum atomic E-state index is 9.80. The number of nitrogens with one attached hydrogen (secondary N) is 1. The molecule has 2 rings (SSSR count). The molecular formula is C15H30N2O. The smallest absolute Gasteiger partial charge is 0.0590 e. The number of hydrogen-bond acceptors (Lipinski definition) is 3. The number of likely N-dealkylation sites (tertiary alicyclic amines) is 1. The molecule has 0 radical (unpaired) electrons. The van der Waals surface area contributed by atoms with Crippen LogP contribution in [-0.2, 0) is 0 Å². The molecule has 0 bridgehead atoms. The number of hydrogen-bond donors (Lipinski definition) is 2. The van der Waals surface area contributed by atoms with E-state index in [0.29, 0.717) is 5.92 Å². The fraction of sp³-hybridized carbons (Fsp3) is 1.00. The maximum absolute atomic E-state index is 9.80. The summed E-state index contributed by atoms with van der Waals surface area (Å²) in [6.45, 7) is 8.88. The molecule has 4 unspecified atom stereocenters. The van der Waals surface area contributed by atoms with Gasteiger partial charge in [-0.05, 0) is 37.6 Å². The molecule has 0 amide bonds. The SMILES string of the molecule is CCNC1CCCCC1CN1CCC(O)C(C)C1. The van der Waals surface area contributed by atoms with Crippen LogP contribution >= 0.6 is 0 Å². The van der Waals surface area contributed by atoms with Gasteiger partial charge in [-0.1, -0.05) is 26.7 Å². The highest BCUT2D eigenvalue weighted by Gasteiger charge is 2.29. The van der Waals surface area contributed by atoms with Gasteiger partial charge in [0.25, 0.3) is 0 Å². The third kappa shape index (κ3) is 3.69. The summed E-state index contributed by atoms with van der Waals surface area (Å²) < 4.78 is 0. The number of piperidine rings is 1. The quantitative estimate of drug-likeness (QED) is 0.804. The Morgan fingerprint density at radius 2 is 2.00 bits per heavy atom. The van der Waals surface area contributed by atoms with Gasteiger partial charge in [-0.25, -0.2) is 0 Å². The second-order valence-corrected chi connectivity index (χ2v) is 6.30. The number of aliphatic hydroxyl groups is 1. The lowest BCUT2D eigenvalue weighted by molar-refractivity contribution is 0.0238. The van der Waals surface area contributed by atoms with Crippen LogP contribution in [0.1, 0.15) is 46.0 Å². The molecule has 3 nitrogen and oxygen atoms in total. The second kappa shape index (κ2) is 6.88. The van der Waals surface area contributed by atoms with Crippen LogP contribution in [0.25, 0.3) is 0 Å². The summed E-state index contributed by atoms with van der Waals surface area (Å²) in [4.78, 5) is 2.58. The van der Waals surface area contributed by atoms with E-state index in [0.717, 1.165) is 38.0 Å². The van der Waals surface area contributed by atoms with Gasteiger partial charge in [-0.2, -0.15) is 0 Å². The predicted octanol–water partition coefficient (Wildman–Crippen LogP) is 1.86. The number of aliphatic hydroxyl groups excluding tert-OH is 1. The molecule has 0 spiro atoms. The van der Waals surface area contributed by atoms with E-state index >= 15 is 0 Å². The molecule has 1 aliphatic heterocycles. The van der Waals surface area contributed by atoms with E-state index in [1.54, 1.807) is 0 Å². The molecule has 1 aliphatic carbocycles. The van der Waals surface area contributed by atoms with Gasteiger partial charge in [0.1, 0.15) is 0 Å². The summed E-state index contributed by atoms with van der Waals surface area (Å²) in [5.41, 5.74) is 0. The molecule has 1 saturated carbocycles. The lowest BCUT2D eigenvalue weighted by Gasteiger charge is -2.40. The molecule has 3 heteroatoms. The first-order valence-corrected chi connectivity index (χ1v) is 7.84. The Labute approximate surface area is 112 Å². The molecule has 1 heterocycles. The first kappa shape index (κ1) is 14.3. The van der Waals surface area contributed by atoms with Crippen LogP contribution in [0.3, 0.4) is 0 Å². The van der Waals surface area contributed by atoms with E-state index in [-0.39, 0.29) is 6.10 Å². The van der Waals surface area contributed by atoms with Crippen molar-refractivity contribution in [1.82, 2.24) is 10.2 Å². The van der Waals surface area contributed by atoms with Crippen LogP contribution in [0.4, 0.5) is 0 Å². The summed E-state index contributed by atoms with van der Waals surface area (Å²) in [6.07, 6.45) is 6.41. The lowest BCUT2D eigenvalue weighted by Crippen LogP contribution is -2.48. The summed E-state index contributed by atoms with van der Waals surface area (Å²) in [5.74, 6) is 1.26. The van der Waals surface area contributed by atoms with E-state index in [9.17, 15) is 5.11 Å². The summed E-state index contributed by atoms with van der Waals surface area (Å²) in [6, 6.07) is 0.728. The highest BCUT2D eigenvalue weighted by atomic mass is 16.3. The normalized spacial score (nSPS) is 38.8. The lowest BCUT2D eigenvalue weighted by atomic mass is 9.83. The van der Waals surface area contributed by atoms with Crippen LogP contribution in [0.15, 0.2) is 0 Å². The highest BCUT2D eigenvalue weighted by molar-refractivity contribution is 4.85. The summed E-state index contributed by atoms with van der Waals surface area (Å²) in [5, 5.41) is 13.5. The van der Waals surface area contributed by atoms with Crippen molar-refractivity contribution in [3.05, 3.63) is 0 Å². The van der Waals surface area contributed by atoms with Gasteiger partial charge in [0.15, 0.2) is 0 Å². The first-order chi connectivity index (χ1) is 8.70. The molecule has 1 saturated heterocycles. The Hall–Kier alpha value is -0.120. The molecule has 0 aromatic rings. The van der Waals surface area contributed by atoms with Gasteiger partial charge >= 0.3 is 0 Å². The van der Waals surface area contributed by atoms with Crippen molar-refractivity contribution >= 4 is 0 Å². The van der Waals surface area contributed by atoms with Gasteiger partial charge in [0.05, 0.1) is 6.10 Å². The molecule has 0 aromatic heterocycles.